The molecule has 0 heterocycles. The Balaban J connectivity index is 2.01. The summed E-state index contributed by atoms with van der Waals surface area (Å²) in [5.41, 5.74) is 9.50. The van der Waals surface area contributed by atoms with Crippen LogP contribution in [0.2, 0.25) is 0 Å². The lowest BCUT2D eigenvalue weighted by Crippen LogP contribution is -2.41. The molecule has 0 spiro atoms. The van der Waals surface area contributed by atoms with Crippen molar-refractivity contribution in [1.29, 1.82) is 0 Å². The number of hydrogen-bond acceptors (Lipinski definition) is 7. The highest BCUT2D eigenvalue weighted by atomic mass is 19.4. The molecule has 2 rings (SSSR count). The fraction of sp³-hybridized carbons (Fsp3) is 0.0667. The lowest BCUT2D eigenvalue weighted by Gasteiger charge is -2.19. The Hall–Kier alpha value is -3.47. The number of rotatable bonds is 6. The summed E-state index contributed by atoms with van der Waals surface area (Å²) in [5.74, 6) is 5.35. The second kappa shape index (κ2) is 7.61. The highest BCUT2D eigenvalue weighted by Crippen LogP contribution is 2.24. The van der Waals surface area contributed by atoms with Gasteiger partial charge in [0.25, 0.3) is 5.69 Å². The number of ether oxygens (including phenoxy) is 1. The number of hydrazine groups is 2. The van der Waals surface area contributed by atoms with Gasteiger partial charge in [0.15, 0.2) is 0 Å². The third-order valence-electron chi connectivity index (χ3n) is 3.12. The summed E-state index contributed by atoms with van der Waals surface area (Å²) in [7, 11) is 0. The Morgan fingerprint density at radius 3 is 2.23 bits per heavy atom. The molecule has 0 unspecified atom stereocenters. The Kier molecular flexibility index (Phi) is 5.52. The van der Waals surface area contributed by atoms with Crippen molar-refractivity contribution in [2.45, 2.75) is 6.36 Å². The van der Waals surface area contributed by atoms with Crippen LogP contribution < -0.4 is 26.9 Å². The van der Waals surface area contributed by atoms with Gasteiger partial charge in [-0.15, -0.1) is 13.2 Å². The van der Waals surface area contributed by atoms with E-state index < -0.39 is 11.3 Å². The Labute approximate surface area is 145 Å². The minimum atomic E-state index is -4.77. The van der Waals surface area contributed by atoms with Crippen molar-refractivity contribution in [3.63, 3.8) is 0 Å². The van der Waals surface area contributed by atoms with E-state index in [9.17, 15) is 23.3 Å². The van der Waals surface area contributed by atoms with Gasteiger partial charge in [-0.05, 0) is 42.0 Å². The van der Waals surface area contributed by atoms with Gasteiger partial charge in [0.1, 0.15) is 5.75 Å². The first-order chi connectivity index (χ1) is 12.2. The minimum Gasteiger partial charge on any atom is -0.406 e. The third-order valence-corrected chi connectivity index (χ3v) is 3.12. The number of anilines is 1. The zero-order chi connectivity index (χ0) is 19.3. The molecule has 0 bridgehead atoms. The number of hydrogen-bond donors (Lipinski definition) is 3. The molecule has 138 valence electrons. The topological polar surface area (TPSA) is 120 Å². The van der Waals surface area contributed by atoms with Crippen molar-refractivity contribution < 1.29 is 22.8 Å². The first-order valence-electron chi connectivity index (χ1n) is 7.03. The van der Waals surface area contributed by atoms with Crippen LogP contribution in [-0.2, 0) is 0 Å². The number of nitro groups is 1. The standard InChI is InChI=1S/C15H14F3N5O3/c16-15(17,18)26-13-7-5-11(6-8-13)22(20)21-9-14(19)10-1-3-12(4-2-10)23(24)25/h1-9,21H,19-20H2. The summed E-state index contributed by atoms with van der Waals surface area (Å²) in [6.45, 7) is 0. The number of alkyl halides is 3. The van der Waals surface area contributed by atoms with E-state index in [1.54, 1.807) is 0 Å². The number of non-ortho nitro benzene ring substituents is 1. The molecule has 0 aliphatic heterocycles. The average molecular weight is 369 g/mol. The zero-order valence-electron chi connectivity index (χ0n) is 13.1. The van der Waals surface area contributed by atoms with Crippen molar-refractivity contribution in [3.05, 3.63) is 70.4 Å². The average Bonchev–Trinajstić information content (AvgIpc) is 2.58. The number of nitro benzene ring substituents is 1. The Morgan fingerprint density at radius 2 is 1.73 bits per heavy atom. The number of nitrogens with one attached hydrogen (secondary N) is 1. The van der Waals surface area contributed by atoms with Gasteiger partial charge in [0.05, 0.1) is 16.3 Å². The molecule has 0 amide bonds. The Bertz CT molecular complexity index is 792. The highest BCUT2D eigenvalue weighted by molar-refractivity contribution is 5.63. The van der Waals surface area contributed by atoms with E-state index in [4.69, 9.17) is 11.6 Å². The van der Waals surface area contributed by atoms with Crippen LogP contribution >= 0.6 is 0 Å². The van der Waals surface area contributed by atoms with Crippen LogP contribution in [0.3, 0.4) is 0 Å². The molecule has 8 nitrogen and oxygen atoms in total. The number of nitrogens with two attached hydrogens (primary N) is 2. The monoisotopic (exact) mass is 369 g/mol. The lowest BCUT2D eigenvalue weighted by molar-refractivity contribution is -0.384. The molecule has 26 heavy (non-hydrogen) atoms. The molecule has 0 saturated carbocycles. The maximum atomic E-state index is 12.1. The molecule has 0 aliphatic carbocycles. The number of nitrogens with zero attached hydrogens (tertiary/aromatic N) is 2. The quantitative estimate of drug-likeness (QED) is 0.407. The van der Waals surface area contributed by atoms with Crippen LogP contribution in [0.25, 0.3) is 5.70 Å². The molecule has 11 heteroatoms. The Morgan fingerprint density at radius 1 is 1.15 bits per heavy atom. The van der Waals surface area contributed by atoms with Crippen molar-refractivity contribution in [2.75, 3.05) is 5.12 Å². The van der Waals surface area contributed by atoms with Crippen LogP contribution in [0, 0.1) is 10.1 Å². The summed E-state index contributed by atoms with van der Waals surface area (Å²) in [6, 6.07) is 10.4. The molecule has 0 fully saturated rings. The van der Waals surface area contributed by atoms with Crippen LogP contribution in [0.1, 0.15) is 5.56 Å². The van der Waals surface area contributed by atoms with E-state index in [0.717, 1.165) is 17.3 Å². The van der Waals surface area contributed by atoms with E-state index in [-0.39, 0.29) is 17.1 Å². The van der Waals surface area contributed by atoms with Crippen molar-refractivity contribution in [1.82, 2.24) is 5.43 Å². The van der Waals surface area contributed by atoms with Crippen LogP contribution in [0.5, 0.6) is 5.75 Å². The van der Waals surface area contributed by atoms with Crippen LogP contribution in [0.4, 0.5) is 24.5 Å². The maximum Gasteiger partial charge on any atom is 0.573 e. The van der Waals surface area contributed by atoms with E-state index in [1.807, 2.05) is 0 Å². The van der Waals surface area contributed by atoms with Gasteiger partial charge >= 0.3 is 6.36 Å². The van der Waals surface area contributed by atoms with Gasteiger partial charge in [-0.2, -0.15) is 0 Å². The predicted molar refractivity (Wildman–Crippen MR) is 88.2 cm³/mol. The summed E-state index contributed by atoms with van der Waals surface area (Å²) in [4.78, 5) is 10.1. The van der Waals surface area contributed by atoms with E-state index in [1.165, 1.54) is 42.6 Å². The fourth-order valence-electron chi connectivity index (χ4n) is 1.88. The highest BCUT2D eigenvalue weighted by Gasteiger charge is 2.30. The molecule has 2 aromatic rings. The van der Waals surface area contributed by atoms with E-state index in [0.29, 0.717) is 11.3 Å². The third kappa shape index (κ3) is 5.27. The summed E-state index contributed by atoms with van der Waals surface area (Å²) < 4.78 is 40.1. The van der Waals surface area contributed by atoms with Gasteiger partial charge in [-0.1, -0.05) is 0 Å². The normalized spacial score (nSPS) is 11.8. The molecule has 0 radical (unpaired) electrons. The second-order valence-electron chi connectivity index (χ2n) is 4.94. The van der Waals surface area contributed by atoms with Gasteiger partial charge in [0.2, 0.25) is 0 Å². The minimum absolute atomic E-state index is 0.0730. The van der Waals surface area contributed by atoms with E-state index in [2.05, 4.69) is 10.2 Å². The molecular weight excluding hydrogens is 355 g/mol. The summed E-state index contributed by atoms with van der Waals surface area (Å²) in [6.07, 6.45) is -3.44. The smallest absolute Gasteiger partial charge is 0.406 e. The molecule has 0 aliphatic rings. The van der Waals surface area contributed by atoms with Crippen molar-refractivity contribution in [2.24, 2.45) is 11.6 Å². The largest absolute Gasteiger partial charge is 0.573 e. The summed E-state index contributed by atoms with van der Waals surface area (Å²) >= 11 is 0. The predicted octanol–water partition coefficient (Wildman–Crippen LogP) is 2.64. The van der Waals surface area contributed by atoms with Crippen LogP contribution in [-0.4, -0.2) is 11.3 Å². The van der Waals surface area contributed by atoms with Gasteiger partial charge in [0, 0.05) is 18.3 Å². The van der Waals surface area contributed by atoms with Crippen molar-refractivity contribution >= 4 is 17.1 Å². The molecule has 5 N–H and O–H groups in total. The maximum absolute atomic E-state index is 12.1. The number of halogens is 3. The molecule has 0 atom stereocenters. The fourth-order valence-corrected chi connectivity index (χ4v) is 1.88. The van der Waals surface area contributed by atoms with Crippen LogP contribution in [0.15, 0.2) is 54.7 Å². The molecular formula is C15H14F3N5O3. The second-order valence-corrected chi connectivity index (χ2v) is 4.94. The lowest BCUT2D eigenvalue weighted by atomic mass is 10.1. The molecule has 0 aromatic heterocycles. The van der Waals surface area contributed by atoms with Crippen molar-refractivity contribution in [3.8, 4) is 5.75 Å². The first-order valence-corrected chi connectivity index (χ1v) is 7.03. The summed E-state index contributed by atoms with van der Waals surface area (Å²) in [5, 5.41) is 11.6. The van der Waals surface area contributed by atoms with Gasteiger partial charge in [-0.3, -0.25) is 15.5 Å². The SMILES string of the molecule is NC(=CNN(N)c1ccc(OC(F)(F)F)cc1)c1ccc([N+](=O)[O-])cc1. The number of benzene rings is 2. The zero-order valence-corrected chi connectivity index (χ0v) is 13.1. The van der Waals surface area contributed by atoms with Gasteiger partial charge in [-0.25, -0.2) is 11.0 Å². The molecule has 2 aromatic carbocycles. The van der Waals surface area contributed by atoms with E-state index >= 15 is 0 Å². The first kappa shape index (κ1) is 18.9. The molecule has 0 saturated heterocycles. The van der Waals surface area contributed by atoms with Gasteiger partial charge < -0.3 is 10.5 Å².